The van der Waals surface area contributed by atoms with Gasteiger partial charge in [-0.3, -0.25) is 9.69 Å². The molecule has 1 atom stereocenters. The van der Waals surface area contributed by atoms with Crippen LogP contribution in [0.2, 0.25) is 0 Å². The highest BCUT2D eigenvalue weighted by Gasteiger charge is 2.31. The Morgan fingerprint density at radius 3 is 2.73 bits per heavy atom. The summed E-state index contributed by atoms with van der Waals surface area (Å²) in [5.41, 5.74) is 0. The summed E-state index contributed by atoms with van der Waals surface area (Å²) in [7, 11) is -1.60. The van der Waals surface area contributed by atoms with Gasteiger partial charge in [-0.1, -0.05) is 0 Å². The first-order valence-electron chi connectivity index (χ1n) is 4.93. The van der Waals surface area contributed by atoms with E-state index in [0.717, 1.165) is 19.4 Å². The number of esters is 1. The third-order valence-electron chi connectivity index (χ3n) is 2.59. The smallest absolute Gasteiger partial charge is 0.323 e. The molecule has 0 N–H and O–H groups in total. The van der Waals surface area contributed by atoms with Gasteiger partial charge in [0.1, 0.15) is 15.9 Å². The second kappa shape index (κ2) is 4.94. The van der Waals surface area contributed by atoms with Crippen molar-refractivity contribution in [3.8, 4) is 0 Å². The molecule has 1 saturated heterocycles. The van der Waals surface area contributed by atoms with Crippen LogP contribution in [0.5, 0.6) is 0 Å². The Labute approximate surface area is 90.3 Å². The molecule has 0 aromatic heterocycles. The van der Waals surface area contributed by atoms with Gasteiger partial charge in [0.2, 0.25) is 0 Å². The fraction of sp³-hybridized carbons (Fsp3) is 0.889. The molecule has 5 nitrogen and oxygen atoms in total. The highest BCUT2D eigenvalue weighted by Crippen LogP contribution is 2.17. The summed E-state index contributed by atoms with van der Waals surface area (Å²) in [6, 6.07) is -0.253. The van der Waals surface area contributed by atoms with Crippen LogP contribution in [0.4, 0.5) is 0 Å². The maximum absolute atomic E-state index is 11.3. The van der Waals surface area contributed by atoms with Crippen molar-refractivity contribution in [2.75, 3.05) is 32.2 Å². The van der Waals surface area contributed by atoms with E-state index >= 15 is 0 Å². The summed E-state index contributed by atoms with van der Waals surface area (Å²) in [5.74, 6) is -0.165. The zero-order valence-electron chi connectivity index (χ0n) is 9.10. The van der Waals surface area contributed by atoms with Gasteiger partial charge in [-0.2, -0.15) is 0 Å². The predicted molar refractivity (Wildman–Crippen MR) is 56.3 cm³/mol. The van der Waals surface area contributed by atoms with E-state index in [1.807, 2.05) is 4.90 Å². The molecule has 1 aliphatic heterocycles. The van der Waals surface area contributed by atoms with Gasteiger partial charge < -0.3 is 4.74 Å². The third kappa shape index (κ3) is 3.79. The number of likely N-dealkylation sites (tertiary alicyclic amines) is 1. The van der Waals surface area contributed by atoms with Crippen molar-refractivity contribution in [3.05, 3.63) is 0 Å². The van der Waals surface area contributed by atoms with E-state index in [1.54, 1.807) is 0 Å². The highest BCUT2D eigenvalue weighted by molar-refractivity contribution is 7.90. The molecule has 0 aromatic rings. The number of hydrogen-bond donors (Lipinski definition) is 0. The minimum absolute atomic E-state index is 0.0977. The number of sulfone groups is 1. The van der Waals surface area contributed by atoms with Crippen molar-refractivity contribution in [1.82, 2.24) is 4.90 Å². The number of ether oxygens (including phenoxy) is 1. The molecule has 0 aromatic carbocycles. The minimum atomic E-state index is -2.96. The fourth-order valence-electron chi connectivity index (χ4n) is 1.78. The first-order valence-corrected chi connectivity index (χ1v) is 6.99. The summed E-state index contributed by atoms with van der Waals surface area (Å²) in [4.78, 5) is 13.2. The van der Waals surface area contributed by atoms with Gasteiger partial charge in [0.05, 0.1) is 12.9 Å². The zero-order valence-corrected chi connectivity index (χ0v) is 9.92. The second-order valence-electron chi connectivity index (χ2n) is 3.85. The van der Waals surface area contributed by atoms with Crippen molar-refractivity contribution >= 4 is 15.8 Å². The van der Waals surface area contributed by atoms with Crippen LogP contribution >= 0.6 is 0 Å². The monoisotopic (exact) mass is 235 g/mol. The van der Waals surface area contributed by atoms with Crippen molar-refractivity contribution in [2.45, 2.75) is 18.9 Å². The Balaban J connectivity index is 2.50. The molecule has 88 valence electrons. The molecule has 0 amide bonds. The second-order valence-corrected chi connectivity index (χ2v) is 6.11. The number of nitrogens with zero attached hydrogens (tertiary/aromatic N) is 1. The maximum Gasteiger partial charge on any atom is 0.323 e. The molecule has 0 aliphatic carbocycles. The lowest BCUT2D eigenvalue weighted by Crippen LogP contribution is -2.39. The fourth-order valence-corrected chi connectivity index (χ4v) is 2.35. The van der Waals surface area contributed by atoms with E-state index in [2.05, 4.69) is 4.74 Å². The lowest BCUT2D eigenvalue weighted by Gasteiger charge is -2.21. The van der Waals surface area contributed by atoms with Crippen LogP contribution in [0.25, 0.3) is 0 Å². The number of carbonyl (C=O) groups excluding carboxylic acids is 1. The van der Waals surface area contributed by atoms with Crippen LogP contribution in [0, 0.1) is 0 Å². The Morgan fingerprint density at radius 1 is 1.53 bits per heavy atom. The molecule has 0 spiro atoms. The van der Waals surface area contributed by atoms with Crippen LogP contribution < -0.4 is 0 Å². The molecule has 6 heteroatoms. The normalized spacial score (nSPS) is 22.9. The van der Waals surface area contributed by atoms with Gasteiger partial charge >= 0.3 is 5.97 Å². The lowest BCUT2D eigenvalue weighted by atomic mass is 10.2. The summed E-state index contributed by atoms with van der Waals surface area (Å²) in [6.45, 7) is 1.19. The zero-order chi connectivity index (χ0) is 11.5. The Kier molecular flexibility index (Phi) is 4.10. The van der Waals surface area contributed by atoms with Gasteiger partial charge in [-0.25, -0.2) is 8.42 Å². The van der Waals surface area contributed by atoms with E-state index in [1.165, 1.54) is 13.4 Å². The van der Waals surface area contributed by atoms with Gasteiger partial charge in [-0.05, 0) is 19.4 Å². The molecule has 1 fully saturated rings. The Bertz CT molecular complexity index is 325. The molecule has 1 heterocycles. The van der Waals surface area contributed by atoms with E-state index < -0.39 is 9.84 Å². The van der Waals surface area contributed by atoms with E-state index in [-0.39, 0.29) is 17.8 Å². The first kappa shape index (κ1) is 12.4. The molecule has 1 aliphatic rings. The van der Waals surface area contributed by atoms with Crippen LogP contribution in [0.1, 0.15) is 12.8 Å². The molecule has 0 saturated carbocycles. The number of carbonyl (C=O) groups is 1. The average Bonchev–Trinajstić information content (AvgIpc) is 2.60. The quantitative estimate of drug-likeness (QED) is 0.624. The van der Waals surface area contributed by atoms with Gasteiger partial charge in [-0.15, -0.1) is 0 Å². The Hall–Kier alpha value is -0.620. The summed E-state index contributed by atoms with van der Waals surface area (Å²) < 4.78 is 26.6. The predicted octanol–water partition coefficient (Wildman–Crippen LogP) is -0.332. The van der Waals surface area contributed by atoms with Crippen LogP contribution in [-0.2, 0) is 19.4 Å². The molecule has 15 heavy (non-hydrogen) atoms. The number of hydrogen-bond acceptors (Lipinski definition) is 5. The minimum Gasteiger partial charge on any atom is -0.468 e. The maximum atomic E-state index is 11.3. The van der Waals surface area contributed by atoms with Crippen molar-refractivity contribution < 1.29 is 17.9 Å². The standard InChI is InChI=1S/C9H17NO4S/c1-14-9(11)8-4-3-5-10(8)6-7-15(2,12)13/h8H,3-7H2,1-2H3. The summed E-state index contributed by atoms with van der Waals surface area (Å²) in [6.07, 6.45) is 2.89. The average molecular weight is 235 g/mol. The van der Waals surface area contributed by atoms with Crippen molar-refractivity contribution in [3.63, 3.8) is 0 Å². The number of rotatable bonds is 4. The van der Waals surface area contributed by atoms with Gasteiger partial charge in [0, 0.05) is 12.8 Å². The summed E-state index contributed by atoms with van der Waals surface area (Å²) >= 11 is 0. The van der Waals surface area contributed by atoms with Crippen molar-refractivity contribution in [2.24, 2.45) is 0 Å². The largest absolute Gasteiger partial charge is 0.468 e. The topological polar surface area (TPSA) is 63.7 Å². The lowest BCUT2D eigenvalue weighted by molar-refractivity contribution is -0.145. The Morgan fingerprint density at radius 2 is 2.20 bits per heavy atom. The molecule has 0 radical (unpaired) electrons. The van der Waals surface area contributed by atoms with E-state index in [4.69, 9.17) is 0 Å². The van der Waals surface area contributed by atoms with E-state index in [9.17, 15) is 13.2 Å². The van der Waals surface area contributed by atoms with Gasteiger partial charge in [0.25, 0.3) is 0 Å². The molecule has 0 bridgehead atoms. The third-order valence-corrected chi connectivity index (χ3v) is 3.51. The van der Waals surface area contributed by atoms with Crippen LogP contribution in [0.15, 0.2) is 0 Å². The van der Waals surface area contributed by atoms with Crippen molar-refractivity contribution in [1.29, 1.82) is 0 Å². The van der Waals surface area contributed by atoms with Crippen LogP contribution in [-0.4, -0.2) is 57.5 Å². The van der Waals surface area contributed by atoms with E-state index in [0.29, 0.717) is 6.54 Å². The molecular formula is C9H17NO4S. The summed E-state index contributed by atoms with van der Waals surface area (Å²) in [5, 5.41) is 0. The van der Waals surface area contributed by atoms with Crippen LogP contribution in [0.3, 0.4) is 0 Å². The highest BCUT2D eigenvalue weighted by atomic mass is 32.2. The van der Waals surface area contributed by atoms with Gasteiger partial charge in [0.15, 0.2) is 0 Å². The molecule has 1 unspecified atom stereocenters. The molecule has 1 rings (SSSR count). The SMILES string of the molecule is COC(=O)C1CCCN1CCS(C)(=O)=O. The number of methoxy groups -OCH3 is 1. The molecular weight excluding hydrogens is 218 g/mol. The first-order chi connectivity index (χ1) is 6.94.